The van der Waals surface area contributed by atoms with Gasteiger partial charge in [0.1, 0.15) is 0 Å². The number of hydrogen-bond acceptors (Lipinski definition) is 1. The van der Waals surface area contributed by atoms with Gasteiger partial charge in [-0.25, -0.2) is 0 Å². The van der Waals surface area contributed by atoms with E-state index in [-0.39, 0.29) is 5.43 Å². The smallest absolute Gasteiger partial charge is 0.192 e. The van der Waals surface area contributed by atoms with E-state index in [1.165, 1.54) is 12.8 Å². The van der Waals surface area contributed by atoms with Crippen LogP contribution >= 0.6 is 0 Å². The van der Waals surface area contributed by atoms with Crippen molar-refractivity contribution in [2.45, 2.75) is 46.5 Å². The third-order valence-corrected chi connectivity index (χ3v) is 5.31. The standard InChI is InChI=1S/C18H23NO/c1-4-18(2,3)12-9-10-16-14(11-12)17(20)13-7-5-6-8-15(13)19-16/h5-8,12H,4,9-11H2,1-3H3,(H,19,20). The van der Waals surface area contributed by atoms with Gasteiger partial charge in [0.15, 0.2) is 5.43 Å². The zero-order valence-corrected chi connectivity index (χ0v) is 12.6. The molecule has 106 valence electrons. The first kappa shape index (κ1) is 13.4. The van der Waals surface area contributed by atoms with Crippen LogP contribution in [0.1, 0.15) is 44.9 Å². The lowest BCUT2D eigenvalue weighted by Crippen LogP contribution is -2.32. The highest BCUT2D eigenvalue weighted by molar-refractivity contribution is 5.79. The highest BCUT2D eigenvalue weighted by Gasteiger charge is 2.32. The van der Waals surface area contributed by atoms with Gasteiger partial charge in [-0.2, -0.15) is 0 Å². The molecule has 20 heavy (non-hydrogen) atoms. The molecule has 0 spiro atoms. The first-order valence-electron chi connectivity index (χ1n) is 7.65. The van der Waals surface area contributed by atoms with Crippen molar-refractivity contribution >= 4 is 10.9 Å². The largest absolute Gasteiger partial charge is 0.358 e. The molecule has 3 rings (SSSR count). The Labute approximate surface area is 120 Å². The minimum Gasteiger partial charge on any atom is -0.358 e. The van der Waals surface area contributed by atoms with Gasteiger partial charge in [0.25, 0.3) is 0 Å². The van der Waals surface area contributed by atoms with Gasteiger partial charge in [-0.3, -0.25) is 4.79 Å². The van der Waals surface area contributed by atoms with E-state index in [4.69, 9.17) is 0 Å². The van der Waals surface area contributed by atoms with E-state index in [0.717, 1.165) is 35.0 Å². The molecule has 1 unspecified atom stereocenters. The van der Waals surface area contributed by atoms with E-state index in [2.05, 4.69) is 25.8 Å². The lowest BCUT2D eigenvalue weighted by molar-refractivity contribution is 0.182. The molecule has 1 atom stereocenters. The zero-order chi connectivity index (χ0) is 14.3. The Kier molecular flexibility index (Phi) is 3.19. The van der Waals surface area contributed by atoms with Crippen LogP contribution in [-0.4, -0.2) is 4.98 Å². The highest BCUT2D eigenvalue weighted by atomic mass is 16.1. The van der Waals surface area contributed by atoms with Gasteiger partial charge < -0.3 is 4.98 Å². The molecule has 2 aromatic rings. The molecule has 0 bridgehead atoms. The number of rotatable bonds is 2. The number of aromatic nitrogens is 1. The zero-order valence-electron chi connectivity index (χ0n) is 12.6. The summed E-state index contributed by atoms with van der Waals surface area (Å²) in [4.78, 5) is 16.2. The highest BCUT2D eigenvalue weighted by Crippen LogP contribution is 2.38. The Bertz CT molecular complexity index is 696. The molecule has 0 amide bonds. The van der Waals surface area contributed by atoms with Crippen molar-refractivity contribution < 1.29 is 0 Å². The number of para-hydroxylation sites is 1. The third kappa shape index (κ3) is 2.07. The average Bonchev–Trinajstić information content (AvgIpc) is 2.47. The van der Waals surface area contributed by atoms with Crippen LogP contribution in [0.15, 0.2) is 29.1 Å². The predicted octanol–water partition coefficient (Wildman–Crippen LogP) is 4.07. The average molecular weight is 269 g/mol. The summed E-state index contributed by atoms with van der Waals surface area (Å²) in [5.41, 5.74) is 3.73. The Balaban J connectivity index is 2.10. The summed E-state index contributed by atoms with van der Waals surface area (Å²) < 4.78 is 0. The molecule has 0 radical (unpaired) electrons. The second-order valence-corrected chi connectivity index (χ2v) is 6.74. The molecule has 0 saturated carbocycles. The van der Waals surface area contributed by atoms with Gasteiger partial charge in [-0.05, 0) is 42.7 Å². The van der Waals surface area contributed by atoms with Crippen molar-refractivity contribution in [1.82, 2.24) is 4.98 Å². The topological polar surface area (TPSA) is 32.9 Å². The SMILES string of the molecule is CCC(C)(C)C1CCc2[nH]c3ccccc3c(=O)c2C1. The maximum atomic E-state index is 12.7. The lowest BCUT2D eigenvalue weighted by Gasteiger charge is -2.36. The molecule has 0 saturated heterocycles. The number of pyridine rings is 1. The van der Waals surface area contributed by atoms with Crippen molar-refractivity contribution in [3.8, 4) is 0 Å². The lowest BCUT2D eigenvalue weighted by atomic mass is 9.69. The predicted molar refractivity (Wildman–Crippen MR) is 84.2 cm³/mol. The summed E-state index contributed by atoms with van der Waals surface area (Å²) in [7, 11) is 0. The molecule has 1 aliphatic carbocycles. The van der Waals surface area contributed by atoms with Gasteiger partial charge in [0.2, 0.25) is 0 Å². The summed E-state index contributed by atoms with van der Waals surface area (Å²) in [6.45, 7) is 6.91. The van der Waals surface area contributed by atoms with Crippen LogP contribution in [0, 0.1) is 11.3 Å². The van der Waals surface area contributed by atoms with Crippen LogP contribution in [0.5, 0.6) is 0 Å². The Hall–Kier alpha value is -1.57. The van der Waals surface area contributed by atoms with Crippen LogP contribution in [0.3, 0.4) is 0 Å². The number of nitrogens with one attached hydrogen (secondary N) is 1. The van der Waals surface area contributed by atoms with Gasteiger partial charge in [-0.15, -0.1) is 0 Å². The quantitative estimate of drug-likeness (QED) is 0.876. The van der Waals surface area contributed by atoms with E-state index < -0.39 is 0 Å². The second-order valence-electron chi connectivity index (χ2n) is 6.74. The number of fused-ring (bicyclic) bond motifs is 2. The molecular formula is C18H23NO. The molecule has 1 heterocycles. The Morgan fingerprint density at radius 1 is 1.30 bits per heavy atom. The van der Waals surface area contributed by atoms with Crippen molar-refractivity contribution in [2.75, 3.05) is 0 Å². The molecule has 2 heteroatoms. The molecule has 2 nitrogen and oxygen atoms in total. The molecule has 0 fully saturated rings. The maximum Gasteiger partial charge on any atom is 0.192 e. The van der Waals surface area contributed by atoms with Gasteiger partial charge in [0.05, 0.1) is 0 Å². The number of hydrogen-bond donors (Lipinski definition) is 1. The van der Waals surface area contributed by atoms with E-state index >= 15 is 0 Å². The monoisotopic (exact) mass is 269 g/mol. The number of aromatic amines is 1. The second kappa shape index (κ2) is 4.76. The van der Waals surface area contributed by atoms with E-state index in [0.29, 0.717) is 11.3 Å². The van der Waals surface area contributed by atoms with Gasteiger partial charge in [0, 0.05) is 22.2 Å². The van der Waals surface area contributed by atoms with Crippen LogP contribution in [-0.2, 0) is 12.8 Å². The number of H-pyrrole nitrogens is 1. The fraction of sp³-hybridized carbons (Fsp3) is 0.500. The van der Waals surface area contributed by atoms with E-state index in [1.54, 1.807) is 0 Å². The van der Waals surface area contributed by atoms with E-state index in [1.807, 2.05) is 24.3 Å². The fourth-order valence-electron chi connectivity index (χ4n) is 3.38. The molecule has 0 aliphatic heterocycles. The molecule has 1 aliphatic rings. The third-order valence-electron chi connectivity index (χ3n) is 5.31. The minimum absolute atomic E-state index is 0.242. The first-order valence-corrected chi connectivity index (χ1v) is 7.65. The maximum absolute atomic E-state index is 12.7. The summed E-state index contributed by atoms with van der Waals surface area (Å²) in [6.07, 6.45) is 4.28. The van der Waals surface area contributed by atoms with E-state index in [9.17, 15) is 4.79 Å². The van der Waals surface area contributed by atoms with Crippen LogP contribution in [0.4, 0.5) is 0 Å². The van der Waals surface area contributed by atoms with Gasteiger partial charge >= 0.3 is 0 Å². The summed E-state index contributed by atoms with van der Waals surface area (Å²) >= 11 is 0. The van der Waals surface area contributed by atoms with Crippen LogP contribution in [0.2, 0.25) is 0 Å². The van der Waals surface area contributed by atoms with Crippen molar-refractivity contribution in [2.24, 2.45) is 11.3 Å². The van der Waals surface area contributed by atoms with Gasteiger partial charge in [-0.1, -0.05) is 39.3 Å². The van der Waals surface area contributed by atoms with Crippen molar-refractivity contribution in [1.29, 1.82) is 0 Å². The Morgan fingerprint density at radius 3 is 2.80 bits per heavy atom. The summed E-state index contributed by atoms with van der Waals surface area (Å²) in [6, 6.07) is 7.86. The summed E-state index contributed by atoms with van der Waals surface area (Å²) in [5, 5.41) is 0.834. The number of aryl methyl sites for hydroxylation is 1. The van der Waals surface area contributed by atoms with Crippen LogP contribution < -0.4 is 5.43 Å². The normalized spacial score (nSPS) is 19.1. The fourth-order valence-corrected chi connectivity index (χ4v) is 3.38. The first-order chi connectivity index (χ1) is 9.53. The molecular weight excluding hydrogens is 246 g/mol. The summed E-state index contributed by atoms with van der Waals surface area (Å²) in [5.74, 6) is 0.613. The van der Waals surface area contributed by atoms with Crippen LogP contribution in [0.25, 0.3) is 10.9 Å². The minimum atomic E-state index is 0.242. The number of benzene rings is 1. The molecule has 1 N–H and O–H groups in total. The molecule has 1 aromatic heterocycles. The van der Waals surface area contributed by atoms with Crippen molar-refractivity contribution in [3.63, 3.8) is 0 Å². The van der Waals surface area contributed by atoms with Crippen molar-refractivity contribution in [3.05, 3.63) is 45.7 Å². The Morgan fingerprint density at radius 2 is 2.05 bits per heavy atom. The molecule has 1 aromatic carbocycles.